The average molecular weight is 507 g/mol. The van der Waals surface area contributed by atoms with Crippen LogP contribution in [0.4, 0.5) is 0 Å². The first kappa shape index (κ1) is 29.2. The molecule has 35 heavy (non-hydrogen) atoms. The van der Waals surface area contributed by atoms with Crippen LogP contribution in [0.5, 0.6) is 11.5 Å². The second-order valence-corrected chi connectivity index (χ2v) is 11.7. The van der Waals surface area contributed by atoms with Crippen molar-refractivity contribution < 1.29 is 28.3 Å². The summed E-state index contributed by atoms with van der Waals surface area (Å²) < 4.78 is 30.0. The summed E-state index contributed by atoms with van der Waals surface area (Å²) in [5.74, 6) is 0.207. The molecule has 0 aromatic heterocycles. The van der Waals surface area contributed by atoms with E-state index in [-0.39, 0.29) is 36.1 Å². The molecule has 3 atom stereocenters. The van der Waals surface area contributed by atoms with E-state index in [2.05, 4.69) is 26.5 Å². The summed E-state index contributed by atoms with van der Waals surface area (Å²) in [6.45, 7) is 12.5. The van der Waals surface area contributed by atoms with Crippen molar-refractivity contribution in [1.29, 1.82) is 0 Å². The second-order valence-electron chi connectivity index (χ2n) is 9.53. The highest BCUT2D eigenvalue weighted by molar-refractivity contribution is 7.54. The minimum absolute atomic E-state index is 0.0754. The highest BCUT2D eigenvalue weighted by Gasteiger charge is 2.33. The molecule has 0 aliphatic heterocycles. The van der Waals surface area contributed by atoms with Gasteiger partial charge in [0.15, 0.2) is 0 Å². The fourth-order valence-corrected chi connectivity index (χ4v) is 6.03. The van der Waals surface area contributed by atoms with Crippen molar-refractivity contribution in [1.82, 2.24) is 0 Å². The highest BCUT2D eigenvalue weighted by atomic mass is 31.2. The molecule has 6 nitrogen and oxygen atoms in total. The molecule has 0 saturated heterocycles. The van der Waals surface area contributed by atoms with Crippen molar-refractivity contribution in [2.45, 2.75) is 85.0 Å². The van der Waals surface area contributed by atoms with Crippen LogP contribution in [0, 0.1) is 5.92 Å². The van der Waals surface area contributed by atoms with Crippen molar-refractivity contribution in [2.75, 3.05) is 19.9 Å². The van der Waals surface area contributed by atoms with E-state index < -0.39 is 7.60 Å². The third-order valence-electron chi connectivity index (χ3n) is 6.60. The Morgan fingerprint density at radius 2 is 1.97 bits per heavy atom. The van der Waals surface area contributed by atoms with Gasteiger partial charge in [-0.1, -0.05) is 43.6 Å². The number of hydrogen-bond acceptors (Lipinski definition) is 6. The molecule has 0 heterocycles. The molecule has 2 rings (SSSR count). The Morgan fingerprint density at radius 1 is 1.23 bits per heavy atom. The van der Waals surface area contributed by atoms with Gasteiger partial charge < -0.3 is 18.9 Å². The zero-order valence-electron chi connectivity index (χ0n) is 22.1. The number of aromatic hydroxyl groups is 1. The molecule has 1 N–H and O–H groups in total. The molecule has 3 unspecified atom stereocenters. The first-order valence-corrected chi connectivity index (χ1v) is 14.5. The van der Waals surface area contributed by atoms with Gasteiger partial charge in [0.05, 0.1) is 12.8 Å². The van der Waals surface area contributed by atoms with Gasteiger partial charge in [-0.2, -0.15) is 0 Å². The summed E-state index contributed by atoms with van der Waals surface area (Å²) in [4.78, 5) is 11.7. The predicted octanol–water partition coefficient (Wildman–Crippen LogP) is 7.70. The smallest absolute Gasteiger partial charge is 0.378 e. The summed E-state index contributed by atoms with van der Waals surface area (Å²) >= 11 is 0. The lowest BCUT2D eigenvalue weighted by Crippen LogP contribution is -2.18. The zero-order chi connectivity index (χ0) is 26.0. The lowest BCUT2D eigenvalue weighted by Gasteiger charge is -2.32. The lowest BCUT2D eigenvalue weighted by molar-refractivity contribution is -0.143. The summed E-state index contributed by atoms with van der Waals surface area (Å²) in [5.41, 5.74) is 3.85. The van der Waals surface area contributed by atoms with Crippen molar-refractivity contribution in [2.24, 2.45) is 5.92 Å². The largest absolute Gasteiger partial charge is 0.507 e. The van der Waals surface area contributed by atoms with Crippen LogP contribution in [0.2, 0.25) is 0 Å². The van der Waals surface area contributed by atoms with Crippen LogP contribution < -0.4 is 4.52 Å². The molecule has 1 aliphatic carbocycles. The van der Waals surface area contributed by atoms with E-state index in [1.807, 2.05) is 19.1 Å². The van der Waals surface area contributed by atoms with Gasteiger partial charge in [-0.15, -0.1) is 0 Å². The van der Waals surface area contributed by atoms with Gasteiger partial charge in [0.2, 0.25) is 0 Å². The lowest BCUT2D eigenvalue weighted by atomic mass is 9.73. The van der Waals surface area contributed by atoms with E-state index in [1.165, 1.54) is 12.7 Å². The maximum atomic E-state index is 13.6. The minimum atomic E-state index is -3.57. The topological polar surface area (TPSA) is 82.1 Å². The number of allylic oxidation sites excluding steroid dienone is 3. The van der Waals surface area contributed by atoms with Gasteiger partial charge in [-0.05, 0) is 76.5 Å². The maximum Gasteiger partial charge on any atom is 0.378 e. The molecule has 1 aromatic rings. The highest BCUT2D eigenvalue weighted by Crippen LogP contribution is 2.54. The van der Waals surface area contributed by atoms with E-state index in [1.54, 1.807) is 6.92 Å². The van der Waals surface area contributed by atoms with Crippen LogP contribution in [-0.4, -0.2) is 31.0 Å². The first-order valence-electron chi connectivity index (χ1n) is 12.8. The molecule has 0 radical (unpaired) electrons. The molecule has 1 aromatic carbocycles. The maximum absolute atomic E-state index is 13.6. The number of aryl methyl sites for hydroxylation is 1. The number of rotatable bonds is 14. The molecular formula is C28H43O6P. The standard InChI is InChI=1S/C28H43O6P/c1-7-9-10-12-22-18-25(29)28(24-17-21(5)14-15-23(24)20(3)4)26(19-22)34-35(31,32-6)16-11-13-27(30)33-8-2/h17-19,23-24,29H,3,7-16H2,1-2,4-6H3. The Morgan fingerprint density at radius 3 is 2.60 bits per heavy atom. The normalized spacial score (nSPS) is 19.5. The van der Waals surface area contributed by atoms with Gasteiger partial charge in [-0.25, -0.2) is 4.57 Å². The van der Waals surface area contributed by atoms with Crippen molar-refractivity contribution in [3.8, 4) is 11.5 Å². The zero-order valence-corrected chi connectivity index (χ0v) is 23.0. The van der Waals surface area contributed by atoms with Gasteiger partial charge >= 0.3 is 13.6 Å². The average Bonchev–Trinajstić information content (AvgIpc) is 2.79. The number of phenols is 1. The van der Waals surface area contributed by atoms with E-state index >= 15 is 0 Å². The third kappa shape index (κ3) is 8.54. The van der Waals surface area contributed by atoms with Gasteiger partial charge in [0.1, 0.15) is 11.5 Å². The number of carbonyl (C=O) groups is 1. The number of phenolic OH excluding ortho intramolecular Hbond substituents is 1. The second kappa shape index (κ2) is 13.9. The van der Waals surface area contributed by atoms with Gasteiger partial charge in [0.25, 0.3) is 0 Å². The first-order chi connectivity index (χ1) is 16.6. The molecule has 0 fully saturated rings. The van der Waals surface area contributed by atoms with Crippen LogP contribution in [0.25, 0.3) is 0 Å². The fraction of sp³-hybridized carbons (Fsp3) is 0.607. The summed E-state index contributed by atoms with van der Waals surface area (Å²) in [5, 5.41) is 11.2. The van der Waals surface area contributed by atoms with E-state index in [4.69, 9.17) is 13.8 Å². The van der Waals surface area contributed by atoms with Gasteiger partial charge in [-0.3, -0.25) is 4.79 Å². The Balaban J connectivity index is 2.45. The van der Waals surface area contributed by atoms with Crippen molar-refractivity contribution >= 4 is 13.6 Å². The van der Waals surface area contributed by atoms with Crippen LogP contribution in [0.15, 0.2) is 35.9 Å². The predicted molar refractivity (Wildman–Crippen MR) is 141 cm³/mol. The molecular weight excluding hydrogens is 463 g/mol. The summed E-state index contributed by atoms with van der Waals surface area (Å²) in [6.07, 6.45) is 8.58. The monoisotopic (exact) mass is 506 g/mol. The van der Waals surface area contributed by atoms with Crippen molar-refractivity contribution in [3.05, 3.63) is 47.1 Å². The van der Waals surface area contributed by atoms with Crippen LogP contribution >= 0.6 is 7.60 Å². The van der Waals surface area contributed by atoms with Crippen molar-refractivity contribution in [3.63, 3.8) is 0 Å². The van der Waals surface area contributed by atoms with Gasteiger partial charge in [0, 0.05) is 25.0 Å². The SMILES string of the molecule is C=C(C)C1CCC(C)=CC1c1c(O)cc(CCCCC)cc1OP(=O)(CCCC(=O)OCC)OC. The van der Waals surface area contributed by atoms with E-state index in [0.29, 0.717) is 24.3 Å². The number of ether oxygens (including phenoxy) is 1. The van der Waals surface area contributed by atoms with Crippen LogP contribution in [0.3, 0.4) is 0 Å². The minimum Gasteiger partial charge on any atom is -0.507 e. The van der Waals surface area contributed by atoms with E-state index in [0.717, 1.165) is 49.7 Å². The number of unbranched alkanes of at least 4 members (excludes halogenated alkanes) is 2. The Hall–Kier alpha value is -2.04. The Kier molecular flexibility index (Phi) is 11.6. The molecule has 1 aliphatic rings. The number of esters is 1. The Bertz CT molecular complexity index is 951. The summed E-state index contributed by atoms with van der Waals surface area (Å²) in [7, 11) is -2.21. The van der Waals surface area contributed by atoms with Crippen LogP contribution in [0.1, 0.15) is 89.7 Å². The molecule has 0 spiro atoms. The molecule has 0 bridgehead atoms. The molecule has 0 amide bonds. The number of carbonyl (C=O) groups excluding carboxylic acids is 1. The molecule has 7 heteroatoms. The summed E-state index contributed by atoms with van der Waals surface area (Å²) in [6, 6.07) is 3.71. The van der Waals surface area contributed by atoms with E-state index in [9.17, 15) is 14.5 Å². The quantitative estimate of drug-likeness (QED) is 0.120. The van der Waals surface area contributed by atoms with Crippen LogP contribution in [-0.2, 0) is 25.0 Å². The molecule has 0 saturated carbocycles. The molecule has 196 valence electrons. The Labute approximate surface area is 211 Å². The fourth-order valence-electron chi connectivity index (χ4n) is 4.68. The third-order valence-corrected chi connectivity index (χ3v) is 8.49. The number of benzene rings is 1. The number of hydrogen-bond donors (Lipinski definition) is 1.